The first-order valence-electron chi connectivity index (χ1n) is 4.91. The molecule has 1 aromatic heterocycles. The summed E-state index contributed by atoms with van der Waals surface area (Å²) >= 11 is 6.95. The third-order valence-corrected chi connectivity index (χ3v) is 3.58. The van der Waals surface area contributed by atoms with Gasteiger partial charge in [0.1, 0.15) is 0 Å². The molecule has 15 heavy (non-hydrogen) atoms. The van der Waals surface area contributed by atoms with Crippen molar-refractivity contribution >= 4 is 29.9 Å². The Bertz CT molecular complexity index is 357. The number of aromatic nitrogens is 3. The summed E-state index contributed by atoms with van der Waals surface area (Å²) in [6.45, 7) is 2.20. The second kappa shape index (κ2) is 5.55. The summed E-state index contributed by atoms with van der Waals surface area (Å²) < 4.78 is 2.55. The molecule has 6 heteroatoms. The first-order chi connectivity index (χ1) is 7.07. The first kappa shape index (κ1) is 12.6. The number of anilines is 1. The van der Waals surface area contributed by atoms with Gasteiger partial charge >= 0.3 is 0 Å². The molecule has 1 N–H and O–H groups in total. The Morgan fingerprint density at radius 1 is 1.67 bits per heavy atom. The van der Waals surface area contributed by atoms with Crippen LogP contribution in [0.15, 0.2) is 0 Å². The Labute approximate surface area is 100 Å². The summed E-state index contributed by atoms with van der Waals surface area (Å²) in [6.07, 6.45) is 3.28. The molecule has 0 fully saturated rings. The molecule has 0 amide bonds. The molecule has 86 valence electrons. The van der Waals surface area contributed by atoms with Gasteiger partial charge in [0.05, 0.1) is 0 Å². The highest BCUT2D eigenvalue weighted by molar-refractivity contribution is 7.98. The van der Waals surface area contributed by atoms with Crippen LogP contribution in [-0.2, 0) is 7.05 Å². The van der Waals surface area contributed by atoms with Crippen LogP contribution >= 0.6 is 24.0 Å². The minimum Gasteiger partial charge on any atom is -0.341 e. The Balaban J connectivity index is 2.71. The molecule has 0 bridgehead atoms. The van der Waals surface area contributed by atoms with Gasteiger partial charge in [-0.05, 0) is 37.6 Å². The maximum atomic E-state index is 5.08. The maximum absolute atomic E-state index is 5.08. The van der Waals surface area contributed by atoms with E-state index in [9.17, 15) is 0 Å². The lowest BCUT2D eigenvalue weighted by atomic mass is 10.2. The summed E-state index contributed by atoms with van der Waals surface area (Å²) in [5.41, 5.74) is 0. The summed E-state index contributed by atoms with van der Waals surface area (Å²) in [5, 5.41) is 7.01. The number of nitrogens with one attached hydrogen (secondary N) is 1. The fourth-order valence-corrected chi connectivity index (χ4v) is 2.04. The second-order valence-electron chi connectivity index (χ2n) is 3.63. The molecule has 4 nitrogen and oxygen atoms in total. The molecule has 0 saturated carbocycles. The smallest absolute Gasteiger partial charge is 0.225 e. The van der Waals surface area contributed by atoms with E-state index >= 15 is 0 Å². The molecule has 1 unspecified atom stereocenters. The fraction of sp³-hybridized carbons (Fsp3) is 0.778. The van der Waals surface area contributed by atoms with E-state index < -0.39 is 0 Å². The molecule has 1 heterocycles. The lowest BCUT2D eigenvalue weighted by molar-refractivity contribution is 0.640. The van der Waals surface area contributed by atoms with E-state index in [2.05, 4.69) is 35.3 Å². The van der Waals surface area contributed by atoms with Crippen LogP contribution in [-0.4, -0.2) is 39.9 Å². The molecule has 0 aliphatic carbocycles. The van der Waals surface area contributed by atoms with Crippen LogP contribution in [0.4, 0.5) is 5.95 Å². The Morgan fingerprint density at radius 3 is 2.80 bits per heavy atom. The van der Waals surface area contributed by atoms with E-state index in [1.165, 1.54) is 5.75 Å². The van der Waals surface area contributed by atoms with Crippen LogP contribution < -0.4 is 4.90 Å². The van der Waals surface area contributed by atoms with Crippen molar-refractivity contribution in [3.05, 3.63) is 4.77 Å². The molecule has 0 spiro atoms. The predicted octanol–water partition coefficient (Wildman–Crippen LogP) is 2.06. The van der Waals surface area contributed by atoms with Crippen molar-refractivity contribution in [2.45, 2.75) is 19.4 Å². The van der Waals surface area contributed by atoms with E-state index in [0.717, 1.165) is 12.4 Å². The third-order valence-electron chi connectivity index (χ3n) is 2.57. The number of H-pyrrole nitrogens is 1. The van der Waals surface area contributed by atoms with Crippen LogP contribution in [0.1, 0.15) is 13.3 Å². The van der Waals surface area contributed by atoms with Crippen LogP contribution in [0.25, 0.3) is 0 Å². The summed E-state index contributed by atoms with van der Waals surface area (Å²) in [7, 11) is 3.98. The Kier molecular flexibility index (Phi) is 4.66. The largest absolute Gasteiger partial charge is 0.341 e. The van der Waals surface area contributed by atoms with Crippen molar-refractivity contribution in [3.63, 3.8) is 0 Å². The van der Waals surface area contributed by atoms with Crippen LogP contribution in [0.2, 0.25) is 0 Å². The second-order valence-corrected chi connectivity index (χ2v) is 5.00. The van der Waals surface area contributed by atoms with E-state index in [1.807, 2.05) is 23.4 Å². The van der Waals surface area contributed by atoms with Crippen LogP contribution in [0, 0.1) is 4.77 Å². The normalized spacial score (nSPS) is 12.8. The highest BCUT2D eigenvalue weighted by atomic mass is 32.2. The molecule has 0 radical (unpaired) electrons. The Morgan fingerprint density at radius 2 is 2.33 bits per heavy atom. The van der Waals surface area contributed by atoms with Crippen molar-refractivity contribution in [1.82, 2.24) is 14.8 Å². The van der Waals surface area contributed by atoms with Crippen molar-refractivity contribution in [2.75, 3.05) is 24.0 Å². The average molecular weight is 246 g/mol. The number of hydrogen-bond acceptors (Lipinski definition) is 4. The zero-order chi connectivity index (χ0) is 11.4. The standard InChI is InChI=1S/C9H18N4S2/c1-7(5-6-15-4)12(2)8-10-11-9(14)13(8)3/h7H,5-6H2,1-4H3,(H,11,14). The number of aromatic amines is 1. The number of hydrogen-bond donors (Lipinski definition) is 1. The first-order valence-corrected chi connectivity index (χ1v) is 6.71. The lowest BCUT2D eigenvalue weighted by Crippen LogP contribution is -2.31. The summed E-state index contributed by atoms with van der Waals surface area (Å²) in [4.78, 5) is 2.16. The van der Waals surface area contributed by atoms with Gasteiger partial charge < -0.3 is 4.90 Å². The van der Waals surface area contributed by atoms with Crippen molar-refractivity contribution in [1.29, 1.82) is 0 Å². The monoisotopic (exact) mass is 246 g/mol. The molecule has 1 atom stereocenters. The van der Waals surface area contributed by atoms with Gasteiger partial charge in [0.25, 0.3) is 0 Å². The SMILES string of the molecule is CSCCC(C)N(C)c1n[nH]c(=S)n1C. The molecule has 0 aromatic carbocycles. The zero-order valence-corrected chi connectivity index (χ0v) is 11.3. The molecule has 0 saturated heterocycles. The predicted molar refractivity (Wildman–Crippen MR) is 69.3 cm³/mol. The molecule has 1 aromatic rings. The fourth-order valence-electron chi connectivity index (χ4n) is 1.33. The zero-order valence-electron chi connectivity index (χ0n) is 9.65. The molecular weight excluding hydrogens is 228 g/mol. The van der Waals surface area contributed by atoms with E-state index in [-0.39, 0.29) is 0 Å². The van der Waals surface area contributed by atoms with Gasteiger partial charge in [-0.1, -0.05) is 0 Å². The molecule has 1 rings (SSSR count). The van der Waals surface area contributed by atoms with Gasteiger partial charge in [-0.3, -0.25) is 4.57 Å². The van der Waals surface area contributed by atoms with Crippen molar-refractivity contribution in [2.24, 2.45) is 7.05 Å². The van der Waals surface area contributed by atoms with Crippen LogP contribution in [0.3, 0.4) is 0 Å². The lowest BCUT2D eigenvalue weighted by Gasteiger charge is -2.24. The van der Waals surface area contributed by atoms with Gasteiger partial charge in [-0.25, -0.2) is 5.10 Å². The van der Waals surface area contributed by atoms with Crippen molar-refractivity contribution < 1.29 is 0 Å². The van der Waals surface area contributed by atoms with Gasteiger partial charge in [0.15, 0.2) is 4.77 Å². The minimum atomic E-state index is 0.473. The molecule has 0 aliphatic heterocycles. The molecule has 0 aliphatic rings. The van der Waals surface area contributed by atoms with E-state index in [1.54, 1.807) is 0 Å². The number of nitrogens with zero attached hydrogens (tertiary/aromatic N) is 3. The highest BCUT2D eigenvalue weighted by Gasteiger charge is 2.14. The van der Waals surface area contributed by atoms with Crippen molar-refractivity contribution in [3.8, 4) is 0 Å². The maximum Gasteiger partial charge on any atom is 0.225 e. The van der Waals surface area contributed by atoms with Crippen LogP contribution in [0.5, 0.6) is 0 Å². The van der Waals surface area contributed by atoms with E-state index in [0.29, 0.717) is 10.8 Å². The summed E-state index contributed by atoms with van der Waals surface area (Å²) in [5.74, 6) is 2.06. The number of rotatable bonds is 5. The summed E-state index contributed by atoms with van der Waals surface area (Å²) in [6, 6.07) is 0.473. The van der Waals surface area contributed by atoms with Gasteiger partial charge in [0.2, 0.25) is 5.95 Å². The quantitative estimate of drug-likeness (QED) is 0.807. The number of thioether (sulfide) groups is 1. The van der Waals surface area contributed by atoms with Gasteiger partial charge in [-0.15, -0.1) is 5.10 Å². The minimum absolute atomic E-state index is 0.473. The van der Waals surface area contributed by atoms with Gasteiger partial charge in [0, 0.05) is 20.1 Å². The Hall–Kier alpha value is -0.490. The molecular formula is C9H18N4S2. The third kappa shape index (κ3) is 2.98. The van der Waals surface area contributed by atoms with Gasteiger partial charge in [-0.2, -0.15) is 11.8 Å². The highest BCUT2D eigenvalue weighted by Crippen LogP contribution is 2.14. The van der Waals surface area contributed by atoms with E-state index in [4.69, 9.17) is 12.2 Å². The topological polar surface area (TPSA) is 36.9 Å². The average Bonchev–Trinajstić information content (AvgIpc) is 2.55.